The second kappa shape index (κ2) is 13.2. The summed E-state index contributed by atoms with van der Waals surface area (Å²) in [7, 11) is -3.22. The number of hydrogen-bond donors (Lipinski definition) is 0. The molecule has 39 heavy (non-hydrogen) atoms. The highest BCUT2D eigenvalue weighted by atomic mass is 31.2. The van der Waals surface area contributed by atoms with Crippen molar-refractivity contribution in [2.24, 2.45) is 0 Å². The highest BCUT2D eigenvalue weighted by Crippen LogP contribution is 2.41. The van der Waals surface area contributed by atoms with Gasteiger partial charge in [0.2, 0.25) is 0 Å². The van der Waals surface area contributed by atoms with Crippen LogP contribution in [0.2, 0.25) is 0 Å². The lowest BCUT2D eigenvalue weighted by atomic mass is 10.4. The third-order valence-corrected chi connectivity index (χ3v) is 11.9. The van der Waals surface area contributed by atoms with Crippen LogP contribution in [0.25, 0.3) is 0 Å². The molecule has 3 heteroatoms. The van der Waals surface area contributed by atoms with Crippen molar-refractivity contribution in [1.29, 1.82) is 0 Å². The van der Waals surface area contributed by atoms with Crippen molar-refractivity contribution < 1.29 is 4.57 Å². The molecule has 0 aliphatic rings. The van der Waals surface area contributed by atoms with Gasteiger partial charge in [0.15, 0.2) is 7.14 Å². The number of hydrogen-bond acceptors (Lipinski definition) is 1. The summed E-state index contributed by atoms with van der Waals surface area (Å²) in [6.45, 7) is 0. The maximum atomic E-state index is 13.8. The molecule has 0 unspecified atom stereocenters. The molecule has 0 saturated carbocycles. The highest BCUT2D eigenvalue weighted by Gasteiger charge is 2.28. The molecule has 0 fully saturated rings. The molecule has 0 aromatic heterocycles. The van der Waals surface area contributed by atoms with E-state index in [0.717, 1.165) is 15.9 Å². The standard InChI is InChI=1S/C18H15OP.C18H15P/c19-20(16-10-4-1-5-11-16,17-12-6-2-7-13-17)18-14-8-3-9-15-18;1-4-10-16(11-5-1)19(17-12-6-2-7-13-17)18-14-8-3-9-15-18/h1-15H;1-15H. The molecule has 0 saturated heterocycles. The first kappa shape index (κ1) is 26.6. The van der Waals surface area contributed by atoms with E-state index in [1.165, 1.54) is 15.9 Å². The van der Waals surface area contributed by atoms with Gasteiger partial charge < -0.3 is 4.57 Å². The van der Waals surface area contributed by atoms with E-state index in [1.54, 1.807) is 0 Å². The molecule has 0 aliphatic heterocycles. The minimum absolute atomic E-state index is 0.446. The smallest absolute Gasteiger partial charge is 0.171 e. The van der Waals surface area contributed by atoms with E-state index in [4.69, 9.17) is 0 Å². The molecule has 0 amide bonds. The van der Waals surface area contributed by atoms with Gasteiger partial charge in [0, 0.05) is 15.9 Å². The van der Waals surface area contributed by atoms with Crippen LogP contribution in [0.3, 0.4) is 0 Å². The normalized spacial score (nSPS) is 10.9. The van der Waals surface area contributed by atoms with Crippen molar-refractivity contribution in [3.8, 4) is 0 Å². The van der Waals surface area contributed by atoms with Gasteiger partial charge >= 0.3 is 0 Å². The van der Waals surface area contributed by atoms with Gasteiger partial charge in [0.05, 0.1) is 0 Å². The lowest BCUT2D eigenvalue weighted by Crippen LogP contribution is -2.24. The number of rotatable bonds is 6. The van der Waals surface area contributed by atoms with Gasteiger partial charge in [-0.1, -0.05) is 182 Å². The van der Waals surface area contributed by atoms with Crippen LogP contribution in [0.4, 0.5) is 0 Å². The minimum atomic E-state index is -2.78. The lowest BCUT2D eigenvalue weighted by molar-refractivity contribution is 0.592. The maximum Gasteiger partial charge on any atom is 0.171 e. The fraction of sp³-hybridized carbons (Fsp3) is 0. The van der Waals surface area contributed by atoms with Crippen LogP contribution in [0.1, 0.15) is 0 Å². The molecule has 0 spiro atoms. The van der Waals surface area contributed by atoms with Gasteiger partial charge in [-0.15, -0.1) is 0 Å². The summed E-state index contributed by atoms with van der Waals surface area (Å²) in [5, 5.41) is 6.81. The molecule has 0 N–H and O–H groups in total. The fourth-order valence-corrected chi connectivity index (χ4v) is 9.52. The Hall–Kier alpha value is -4.02. The summed E-state index contributed by atoms with van der Waals surface area (Å²) >= 11 is 0. The average molecular weight is 541 g/mol. The van der Waals surface area contributed by atoms with Crippen LogP contribution in [0.15, 0.2) is 182 Å². The Morgan fingerprint density at radius 1 is 0.308 bits per heavy atom. The summed E-state index contributed by atoms with van der Waals surface area (Å²) in [5.74, 6) is 0. The van der Waals surface area contributed by atoms with Crippen LogP contribution in [0.5, 0.6) is 0 Å². The molecule has 0 heterocycles. The summed E-state index contributed by atoms with van der Waals surface area (Å²) in [6.07, 6.45) is 0. The van der Waals surface area contributed by atoms with Crippen LogP contribution < -0.4 is 31.8 Å². The molecule has 6 rings (SSSR count). The molecule has 1 nitrogen and oxygen atoms in total. The van der Waals surface area contributed by atoms with E-state index < -0.39 is 15.1 Å². The van der Waals surface area contributed by atoms with Gasteiger partial charge in [-0.25, -0.2) is 0 Å². The van der Waals surface area contributed by atoms with Crippen molar-refractivity contribution in [2.75, 3.05) is 0 Å². The van der Waals surface area contributed by atoms with Crippen molar-refractivity contribution in [2.45, 2.75) is 0 Å². The van der Waals surface area contributed by atoms with Gasteiger partial charge in [-0.3, -0.25) is 0 Å². The topological polar surface area (TPSA) is 17.1 Å². The van der Waals surface area contributed by atoms with Crippen molar-refractivity contribution in [3.63, 3.8) is 0 Å². The summed E-state index contributed by atoms with van der Waals surface area (Å²) in [4.78, 5) is 0. The van der Waals surface area contributed by atoms with Gasteiger partial charge in [0.25, 0.3) is 0 Å². The first-order chi connectivity index (χ1) is 19.3. The Balaban J connectivity index is 0.000000158. The fourth-order valence-electron chi connectivity index (χ4n) is 4.54. The van der Waals surface area contributed by atoms with Crippen molar-refractivity contribution in [1.82, 2.24) is 0 Å². The first-order valence-corrected chi connectivity index (χ1v) is 16.0. The molecule has 6 aromatic carbocycles. The SMILES string of the molecule is O=P(c1ccccc1)(c1ccccc1)c1ccccc1.c1ccc(P(c2ccccc2)c2ccccc2)cc1. The molecule has 0 bridgehead atoms. The molecular weight excluding hydrogens is 510 g/mol. The zero-order valence-corrected chi connectivity index (χ0v) is 23.4. The third-order valence-electron chi connectivity index (χ3n) is 6.40. The van der Waals surface area contributed by atoms with Crippen molar-refractivity contribution in [3.05, 3.63) is 182 Å². The zero-order valence-electron chi connectivity index (χ0n) is 21.6. The predicted molar refractivity (Wildman–Crippen MR) is 171 cm³/mol. The van der Waals surface area contributed by atoms with Crippen molar-refractivity contribution >= 4 is 46.9 Å². The van der Waals surface area contributed by atoms with E-state index in [-0.39, 0.29) is 0 Å². The first-order valence-electron chi connectivity index (χ1n) is 13.0. The van der Waals surface area contributed by atoms with Crippen LogP contribution in [0, 0.1) is 0 Å². The molecular formula is C36H30OP2. The van der Waals surface area contributed by atoms with E-state index in [0.29, 0.717) is 0 Å². The molecule has 0 aliphatic carbocycles. The zero-order chi connectivity index (χ0) is 26.8. The molecule has 6 aromatic rings. The third kappa shape index (κ3) is 6.35. The Morgan fingerprint density at radius 2 is 0.513 bits per heavy atom. The predicted octanol–water partition coefficient (Wildman–Crippen LogP) is 6.77. The summed E-state index contributed by atoms with van der Waals surface area (Å²) in [5.41, 5.74) is 0. The summed E-state index contributed by atoms with van der Waals surface area (Å²) < 4.78 is 13.8. The monoisotopic (exact) mass is 540 g/mol. The lowest BCUT2D eigenvalue weighted by Gasteiger charge is -2.19. The Kier molecular flexibility index (Phi) is 8.97. The summed E-state index contributed by atoms with van der Waals surface area (Å²) in [6, 6.07) is 61.5. The molecule has 190 valence electrons. The van der Waals surface area contributed by atoms with E-state index in [9.17, 15) is 4.57 Å². The maximum absolute atomic E-state index is 13.8. The number of benzene rings is 6. The Bertz CT molecular complexity index is 1390. The largest absolute Gasteiger partial charge is 0.309 e. The van der Waals surface area contributed by atoms with Crippen LogP contribution in [-0.2, 0) is 4.57 Å². The average Bonchev–Trinajstić information content (AvgIpc) is 3.04. The second-order valence-corrected chi connectivity index (χ2v) is 13.9. The molecule has 0 atom stereocenters. The van der Waals surface area contributed by atoms with E-state index in [2.05, 4.69) is 91.0 Å². The van der Waals surface area contributed by atoms with Gasteiger partial charge in [0.1, 0.15) is 0 Å². The second-order valence-electron chi connectivity index (χ2n) is 8.96. The molecule has 0 radical (unpaired) electrons. The van der Waals surface area contributed by atoms with Crippen LogP contribution in [-0.4, -0.2) is 0 Å². The Labute approximate surface area is 233 Å². The van der Waals surface area contributed by atoms with Gasteiger partial charge in [-0.05, 0) is 23.8 Å². The quantitative estimate of drug-likeness (QED) is 0.213. The van der Waals surface area contributed by atoms with Crippen LogP contribution >= 0.6 is 15.1 Å². The Morgan fingerprint density at radius 3 is 0.744 bits per heavy atom. The van der Waals surface area contributed by atoms with Gasteiger partial charge in [-0.2, -0.15) is 0 Å². The highest BCUT2D eigenvalue weighted by molar-refractivity contribution is 7.85. The van der Waals surface area contributed by atoms with E-state index in [1.807, 2.05) is 91.0 Å². The van der Waals surface area contributed by atoms with E-state index >= 15 is 0 Å². The minimum Gasteiger partial charge on any atom is -0.309 e.